The maximum Gasteiger partial charge on any atom is 0.246 e. The number of nitrogens with zero attached hydrogens (tertiary/aromatic N) is 24. The van der Waals surface area contributed by atoms with Gasteiger partial charge in [0, 0.05) is 136 Å². The molecule has 8 atom stereocenters. The fourth-order valence-electron chi connectivity index (χ4n) is 20.1. The topological polar surface area (TPSA) is 260 Å². The van der Waals surface area contributed by atoms with Crippen LogP contribution in [0.25, 0.3) is 45.0 Å². The summed E-state index contributed by atoms with van der Waals surface area (Å²) in [6, 6.07) is 32.4. The molecule has 4 aromatic carbocycles. The molecular formula is C113H121Cl5F4N24O4. The van der Waals surface area contributed by atoms with Crippen LogP contribution < -0.4 is 19.6 Å². The number of anilines is 6. The third kappa shape index (κ3) is 21.7. The van der Waals surface area contributed by atoms with Crippen LogP contribution in [0.2, 0.25) is 25.4 Å². The molecule has 28 nitrogen and oxygen atoms in total. The number of aliphatic imine (C=N–C) groups is 4. The van der Waals surface area contributed by atoms with E-state index in [-0.39, 0.29) is 117 Å². The largest absolute Gasteiger partial charge is 0.349 e. The van der Waals surface area contributed by atoms with Crippen molar-refractivity contribution in [3.05, 3.63) is 321 Å². The van der Waals surface area contributed by atoms with Crippen LogP contribution in [0.5, 0.6) is 0 Å². The number of hydrogen-bond donors (Lipinski definition) is 0. The SMILES string of the molecule is C=CC(=O)N1CC(C)N(C2=NC(=C)N(C(C)C)c3nc(-c4ccccc4F)c(Cl)cc32)CC1C.C=CC(=O)N1CC(C)N(C2=NC(=C)N(C)c3nc(-c4ccccc4F)c(Cl)cc32)CC1C.C=CC(=O)N1CC(C)N(C2=NC(=C)N(c3c(C)nc(C)nc3C(C)C)c3nc(-c4ccccc4F)c(Cl)cc32)CC1C.C=CC(=O)N1CC(C)N(C2=NC(=C)N(c3c(C)nc(Cl)nc3C(C)C)c3nc(-c4ccccc4F)c(Cl)cc32)CC1C. The lowest BCUT2D eigenvalue weighted by molar-refractivity contribution is -0.131. The quantitative estimate of drug-likeness (QED) is 0.0590. The zero-order valence-electron chi connectivity index (χ0n) is 87.3. The fraction of sp³-hybridized carbons (Fsp3) is 0.327. The van der Waals surface area contributed by atoms with E-state index in [1.807, 2.05) is 135 Å². The van der Waals surface area contributed by atoms with Crippen molar-refractivity contribution in [2.75, 3.05) is 79.0 Å². The Morgan fingerprint density at radius 1 is 0.340 bits per heavy atom. The Balaban J connectivity index is 0.000000150. The number of amides is 4. The Morgan fingerprint density at radius 3 is 0.907 bits per heavy atom. The number of halogens is 9. The summed E-state index contributed by atoms with van der Waals surface area (Å²) in [5.41, 5.74) is 9.67. The first-order chi connectivity index (χ1) is 71.2. The first-order valence-electron chi connectivity index (χ1n) is 49.5. The van der Waals surface area contributed by atoms with E-state index in [1.54, 1.807) is 106 Å². The van der Waals surface area contributed by atoms with Gasteiger partial charge in [-0.25, -0.2) is 77.4 Å². The van der Waals surface area contributed by atoms with Gasteiger partial charge in [-0.05, 0) is 211 Å². The van der Waals surface area contributed by atoms with Crippen molar-refractivity contribution in [2.24, 2.45) is 20.0 Å². The van der Waals surface area contributed by atoms with Gasteiger partial charge in [0.25, 0.3) is 0 Å². The maximum absolute atomic E-state index is 15.0. The van der Waals surface area contributed by atoms with E-state index >= 15 is 8.78 Å². The van der Waals surface area contributed by atoms with E-state index in [9.17, 15) is 28.0 Å². The smallest absolute Gasteiger partial charge is 0.246 e. The summed E-state index contributed by atoms with van der Waals surface area (Å²) in [4.78, 5) is 130. The van der Waals surface area contributed by atoms with Crippen LogP contribution in [0.1, 0.15) is 160 Å². The maximum atomic E-state index is 15.0. The normalized spacial score (nSPS) is 19.5. The summed E-state index contributed by atoms with van der Waals surface area (Å²) >= 11 is 33.2. The number of aryl methyl sites for hydroxylation is 3. The minimum atomic E-state index is -0.443. The number of piperazine rings is 4. The Labute approximate surface area is 898 Å². The second kappa shape index (κ2) is 45.2. The summed E-state index contributed by atoms with van der Waals surface area (Å²) < 4.78 is 59.1. The zero-order chi connectivity index (χ0) is 109. The average molecular weight is 2130 g/mol. The van der Waals surface area contributed by atoms with E-state index in [0.29, 0.717) is 205 Å². The van der Waals surface area contributed by atoms with Gasteiger partial charge < -0.3 is 49.0 Å². The second-order valence-corrected chi connectivity index (χ2v) is 41.1. The molecule has 10 aromatic rings. The molecule has 18 rings (SSSR count). The molecule has 780 valence electrons. The molecule has 8 aliphatic rings. The highest BCUT2D eigenvalue weighted by atomic mass is 35.5. The van der Waals surface area contributed by atoms with Crippen LogP contribution >= 0.6 is 58.0 Å². The second-order valence-electron chi connectivity index (χ2n) is 39.2. The van der Waals surface area contributed by atoms with Crippen molar-refractivity contribution in [1.29, 1.82) is 0 Å². The average Bonchev–Trinajstić information content (AvgIpc) is 0.732. The molecule has 0 spiro atoms. The molecule has 4 saturated heterocycles. The van der Waals surface area contributed by atoms with Crippen molar-refractivity contribution in [1.82, 2.24) is 79.1 Å². The highest BCUT2D eigenvalue weighted by molar-refractivity contribution is 6.35. The Morgan fingerprint density at radius 2 is 0.607 bits per heavy atom. The molecule has 0 bridgehead atoms. The van der Waals surface area contributed by atoms with Crippen LogP contribution in [-0.4, -0.2) is 240 Å². The molecule has 4 amide bonds. The van der Waals surface area contributed by atoms with Gasteiger partial charge in [-0.2, -0.15) is 0 Å². The van der Waals surface area contributed by atoms with Crippen molar-refractivity contribution in [3.63, 3.8) is 0 Å². The van der Waals surface area contributed by atoms with Gasteiger partial charge in [0.15, 0.2) is 11.6 Å². The van der Waals surface area contributed by atoms with Gasteiger partial charge >= 0.3 is 0 Å². The zero-order valence-corrected chi connectivity index (χ0v) is 91.1. The summed E-state index contributed by atoms with van der Waals surface area (Å²) in [5.74, 6) is 5.43. The molecule has 14 heterocycles. The molecule has 4 fully saturated rings. The predicted molar refractivity (Wildman–Crippen MR) is 593 cm³/mol. The number of amidine groups is 4. The minimum Gasteiger partial charge on any atom is -0.349 e. The molecule has 6 aromatic heterocycles. The van der Waals surface area contributed by atoms with Crippen molar-refractivity contribution in [2.45, 2.75) is 184 Å². The van der Waals surface area contributed by atoms with Crippen LogP contribution in [0, 0.1) is 44.0 Å². The predicted octanol–water partition coefficient (Wildman–Crippen LogP) is 22.9. The van der Waals surface area contributed by atoms with E-state index < -0.39 is 17.5 Å². The number of fused-ring (bicyclic) bond motifs is 4. The molecule has 8 unspecified atom stereocenters. The number of rotatable bonds is 13. The fourth-order valence-corrected chi connectivity index (χ4v) is 21.3. The van der Waals surface area contributed by atoms with E-state index in [0.717, 1.165) is 28.2 Å². The monoisotopic (exact) mass is 2130 g/mol. The number of hydrogen-bond acceptors (Lipinski definition) is 24. The highest BCUT2D eigenvalue weighted by Crippen LogP contribution is 2.49. The van der Waals surface area contributed by atoms with Gasteiger partial charge in [0.1, 0.15) is 87.4 Å². The van der Waals surface area contributed by atoms with Crippen LogP contribution in [0.15, 0.2) is 242 Å². The molecule has 37 heteroatoms. The lowest BCUT2D eigenvalue weighted by Crippen LogP contribution is -2.60. The lowest BCUT2D eigenvalue weighted by Gasteiger charge is -2.46. The summed E-state index contributed by atoms with van der Waals surface area (Å²) in [6.45, 7) is 69.7. The summed E-state index contributed by atoms with van der Waals surface area (Å²) in [5, 5.41) is 1.38. The first kappa shape index (κ1) is 110. The van der Waals surface area contributed by atoms with Crippen molar-refractivity contribution in [3.8, 4) is 45.0 Å². The molecule has 150 heavy (non-hydrogen) atoms. The number of aromatic nitrogens is 8. The van der Waals surface area contributed by atoms with Gasteiger partial charge in [0.05, 0.1) is 99.3 Å². The van der Waals surface area contributed by atoms with Gasteiger partial charge in [-0.3, -0.25) is 29.0 Å². The molecular weight excluding hydrogens is 2010 g/mol. The number of carbonyl (C=O) groups excluding carboxylic acids is 4. The third-order valence-electron chi connectivity index (χ3n) is 27.6. The number of carbonyl (C=O) groups is 4. The molecule has 8 aliphatic heterocycles. The Bertz CT molecular complexity index is 7050. The minimum absolute atomic E-state index is 0.00271. The van der Waals surface area contributed by atoms with Crippen LogP contribution in [-0.2, 0) is 19.2 Å². The number of pyridine rings is 4. The van der Waals surface area contributed by atoms with Crippen LogP contribution in [0.3, 0.4) is 0 Å². The highest BCUT2D eigenvalue weighted by Gasteiger charge is 2.46. The molecule has 0 N–H and O–H groups in total. The first-order valence-corrected chi connectivity index (χ1v) is 51.3. The Hall–Kier alpha value is -14.3. The Kier molecular flexibility index (Phi) is 33.1. The van der Waals surface area contributed by atoms with Crippen molar-refractivity contribution >= 4 is 140 Å². The van der Waals surface area contributed by atoms with Gasteiger partial charge in [-0.1, -0.05) is 175 Å². The third-order valence-corrected chi connectivity index (χ3v) is 28.9. The molecule has 0 saturated carbocycles. The molecule has 0 radical (unpaired) electrons. The van der Waals surface area contributed by atoms with Gasteiger partial charge in [0.2, 0.25) is 28.9 Å². The summed E-state index contributed by atoms with van der Waals surface area (Å²) in [7, 11) is 1.82. The van der Waals surface area contributed by atoms with E-state index in [2.05, 4.69) is 108 Å². The van der Waals surface area contributed by atoms with Gasteiger partial charge in [-0.15, -0.1) is 0 Å². The lowest BCUT2D eigenvalue weighted by atomic mass is 10.0. The van der Waals surface area contributed by atoms with E-state index in [1.165, 1.54) is 48.6 Å². The van der Waals surface area contributed by atoms with Crippen LogP contribution in [0.4, 0.5) is 52.2 Å². The standard InChI is InChI=1S/C32H35ClFN7O.C31H32Cl2FN7O.C26H29ClFN5O.C24H25ClFN5O/c1-9-27(42)39-15-19(5)40(16-18(39)4)31-24-14-25(33)29(23-12-10-11-13-26(23)34)38-32(24)41(22(8)37-31)30-20(6)35-21(7)36-28(30)17(2)3;1-8-25(42)39-14-18(5)40(15-17(39)4)29-22-13-23(32)27(21-11-9-10-12-24(21)34)37-30(22)41(20(7)36-29)28-19(6)35-31(33)38-26(28)16(2)3;1-7-23(34)31-13-17(5)32(14-16(31)4)25-20-12-21(27)24(19-10-8-9-11-22(19)28)30-26(20)33(15(2)3)18(6)29-25;1-6-21(32)30-12-15(3)31(13-14(30)2)24-18-11-19(25)22(17-9-7-8-10-20(17)26)28-23(18)29(5)16(4)27-24/h9-14,17-19H,1,8,15-16H2,2-7H3;8-13,16-18H,1,7,14-15H2,2-6H3;7-12,15-17H,1,6,13-14H2,2-5H3;6-11,14-15H,1,4,12-13H2,2-3,5H3. The van der Waals surface area contributed by atoms with E-state index in [4.69, 9.17) is 103 Å². The van der Waals surface area contributed by atoms with Crippen molar-refractivity contribution < 1.29 is 36.7 Å². The molecule has 0 aliphatic carbocycles. The summed E-state index contributed by atoms with van der Waals surface area (Å²) in [6.07, 6.45) is 5.38. The number of benzene rings is 4.